The number of rotatable bonds is 3. The maximum atomic E-state index is 11.7. The Morgan fingerprint density at radius 2 is 2.00 bits per heavy atom. The van der Waals surface area contributed by atoms with Crippen LogP contribution in [0.25, 0.3) is 0 Å². The fourth-order valence-electron chi connectivity index (χ4n) is 1.66. The van der Waals surface area contributed by atoms with Gasteiger partial charge in [-0.2, -0.15) is 0 Å². The van der Waals surface area contributed by atoms with Gasteiger partial charge in [-0.05, 0) is 24.8 Å². The molecule has 15 heavy (non-hydrogen) atoms. The number of hydrogen-bond acceptors (Lipinski definition) is 2. The molecule has 0 heterocycles. The van der Waals surface area contributed by atoms with Crippen LogP contribution in [0, 0.1) is 0 Å². The van der Waals surface area contributed by atoms with Crippen LogP contribution >= 0.6 is 0 Å². The van der Waals surface area contributed by atoms with Gasteiger partial charge in [-0.3, -0.25) is 4.79 Å². The number of hydrogen-bond donors (Lipinski definition) is 2. The average Bonchev–Trinajstić information content (AvgIpc) is 2.23. The normalized spacial score (nSPS) is 17.9. The van der Waals surface area contributed by atoms with Crippen LogP contribution in [-0.2, 0) is 4.79 Å². The lowest BCUT2D eigenvalue weighted by Crippen LogP contribution is -2.43. The Morgan fingerprint density at radius 1 is 1.33 bits per heavy atom. The van der Waals surface area contributed by atoms with E-state index in [1.54, 1.807) is 0 Å². The number of amides is 1. The molecular formula is C12H16N2O. The van der Waals surface area contributed by atoms with Crippen molar-refractivity contribution in [2.45, 2.75) is 31.3 Å². The Balaban J connectivity index is 1.94. The third kappa shape index (κ3) is 2.36. The van der Waals surface area contributed by atoms with Crippen LogP contribution in [0.2, 0.25) is 0 Å². The molecule has 3 N–H and O–H groups in total. The van der Waals surface area contributed by atoms with Gasteiger partial charge in [0.2, 0.25) is 5.91 Å². The second-order valence-corrected chi connectivity index (χ2v) is 4.02. The third-order valence-electron chi connectivity index (χ3n) is 2.89. The molecule has 1 atom stereocenters. The Labute approximate surface area is 89.7 Å². The Bertz CT molecular complexity index is 333. The van der Waals surface area contributed by atoms with Crippen LogP contribution in [-0.4, -0.2) is 11.9 Å². The minimum absolute atomic E-state index is 0.0640. The van der Waals surface area contributed by atoms with E-state index in [4.69, 9.17) is 5.73 Å². The molecule has 0 aliphatic heterocycles. The molecule has 0 unspecified atom stereocenters. The number of carbonyl (C=O) groups is 1. The molecule has 2 rings (SSSR count). The quantitative estimate of drug-likeness (QED) is 0.781. The van der Waals surface area contributed by atoms with E-state index in [9.17, 15) is 4.79 Å². The second-order valence-electron chi connectivity index (χ2n) is 4.02. The maximum Gasteiger partial charge on any atom is 0.241 e. The molecule has 1 fully saturated rings. The highest BCUT2D eigenvalue weighted by Crippen LogP contribution is 2.19. The minimum atomic E-state index is -0.535. The van der Waals surface area contributed by atoms with E-state index in [0.29, 0.717) is 6.04 Å². The van der Waals surface area contributed by atoms with E-state index in [-0.39, 0.29) is 5.91 Å². The summed E-state index contributed by atoms with van der Waals surface area (Å²) in [6, 6.07) is 9.28. The summed E-state index contributed by atoms with van der Waals surface area (Å²) in [5, 5.41) is 2.95. The van der Waals surface area contributed by atoms with Gasteiger partial charge in [-0.1, -0.05) is 30.3 Å². The van der Waals surface area contributed by atoms with E-state index < -0.39 is 6.04 Å². The molecule has 0 saturated heterocycles. The molecular weight excluding hydrogens is 188 g/mol. The highest BCUT2D eigenvalue weighted by Gasteiger charge is 2.23. The van der Waals surface area contributed by atoms with Crippen molar-refractivity contribution in [2.24, 2.45) is 5.73 Å². The summed E-state index contributed by atoms with van der Waals surface area (Å²) in [4.78, 5) is 11.7. The van der Waals surface area contributed by atoms with Gasteiger partial charge in [-0.15, -0.1) is 0 Å². The smallest absolute Gasteiger partial charge is 0.241 e. The maximum absolute atomic E-state index is 11.7. The minimum Gasteiger partial charge on any atom is -0.352 e. The Hall–Kier alpha value is -1.35. The summed E-state index contributed by atoms with van der Waals surface area (Å²) in [7, 11) is 0. The van der Waals surface area contributed by atoms with Gasteiger partial charge in [0, 0.05) is 6.04 Å². The van der Waals surface area contributed by atoms with E-state index in [1.165, 1.54) is 6.42 Å². The molecule has 0 bridgehead atoms. The molecule has 0 aromatic heterocycles. The molecule has 1 amide bonds. The van der Waals surface area contributed by atoms with Crippen molar-refractivity contribution in [1.29, 1.82) is 0 Å². The summed E-state index contributed by atoms with van der Waals surface area (Å²) < 4.78 is 0. The van der Waals surface area contributed by atoms with E-state index >= 15 is 0 Å². The van der Waals surface area contributed by atoms with Crippen molar-refractivity contribution in [3.05, 3.63) is 35.9 Å². The Kier molecular flexibility index (Phi) is 3.02. The number of benzene rings is 1. The molecule has 3 heteroatoms. The lowest BCUT2D eigenvalue weighted by molar-refractivity contribution is -0.123. The van der Waals surface area contributed by atoms with Gasteiger partial charge in [0.1, 0.15) is 6.04 Å². The fourth-order valence-corrected chi connectivity index (χ4v) is 1.66. The largest absolute Gasteiger partial charge is 0.352 e. The molecule has 1 aliphatic carbocycles. The first-order valence-electron chi connectivity index (χ1n) is 5.38. The van der Waals surface area contributed by atoms with Crippen molar-refractivity contribution in [2.75, 3.05) is 0 Å². The zero-order valence-electron chi connectivity index (χ0n) is 8.65. The number of carbonyl (C=O) groups excluding carboxylic acids is 1. The predicted octanol–water partition coefficient (Wildman–Crippen LogP) is 1.36. The zero-order valence-corrected chi connectivity index (χ0v) is 8.65. The monoisotopic (exact) mass is 204 g/mol. The van der Waals surface area contributed by atoms with E-state index in [0.717, 1.165) is 18.4 Å². The Morgan fingerprint density at radius 3 is 2.53 bits per heavy atom. The summed E-state index contributed by atoms with van der Waals surface area (Å²) in [6.07, 6.45) is 3.39. The molecule has 80 valence electrons. The molecule has 3 nitrogen and oxygen atoms in total. The summed E-state index contributed by atoms with van der Waals surface area (Å²) in [5.41, 5.74) is 6.72. The summed E-state index contributed by atoms with van der Waals surface area (Å²) in [6.45, 7) is 0. The first kappa shape index (κ1) is 10.2. The second kappa shape index (κ2) is 4.45. The van der Waals surface area contributed by atoms with Gasteiger partial charge in [0.15, 0.2) is 0 Å². The number of nitrogens with one attached hydrogen (secondary N) is 1. The molecule has 0 radical (unpaired) electrons. The van der Waals surface area contributed by atoms with Crippen molar-refractivity contribution < 1.29 is 4.79 Å². The van der Waals surface area contributed by atoms with Crippen LogP contribution in [0.3, 0.4) is 0 Å². The van der Waals surface area contributed by atoms with Crippen molar-refractivity contribution in [3.63, 3.8) is 0 Å². The SMILES string of the molecule is N[C@@H](C(=O)NC1CCC1)c1ccccc1. The van der Waals surface area contributed by atoms with Gasteiger partial charge < -0.3 is 11.1 Å². The summed E-state index contributed by atoms with van der Waals surface area (Å²) >= 11 is 0. The first-order chi connectivity index (χ1) is 7.27. The van der Waals surface area contributed by atoms with Crippen LogP contribution in [0.5, 0.6) is 0 Å². The first-order valence-corrected chi connectivity index (χ1v) is 5.38. The van der Waals surface area contributed by atoms with E-state index in [2.05, 4.69) is 5.32 Å². The van der Waals surface area contributed by atoms with Gasteiger partial charge >= 0.3 is 0 Å². The molecule has 1 aromatic carbocycles. The predicted molar refractivity (Wildman–Crippen MR) is 59.2 cm³/mol. The van der Waals surface area contributed by atoms with Crippen molar-refractivity contribution in [3.8, 4) is 0 Å². The highest BCUT2D eigenvalue weighted by molar-refractivity contribution is 5.83. The van der Waals surface area contributed by atoms with Crippen LogP contribution in [0.4, 0.5) is 0 Å². The molecule has 1 saturated carbocycles. The molecule has 0 spiro atoms. The highest BCUT2D eigenvalue weighted by atomic mass is 16.2. The standard InChI is InChI=1S/C12H16N2O/c13-11(9-5-2-1-3-6-9)12(15)14-10-7-4-8-10/h1-3,5-6,10-11H,4,7-8,13H2,(H,14,15)/t11-/m1/s1. The molecule has 1 aromatic rings. The lowest BCUT2D eigenvalue weighted by Gasteiger charge is -2.27. The third-order valence-corrected chi connectivity index (χ3v) is 2.89. The zero-order chi connectivity index (χ0) is 10.7. The van der Waals surface area contributed by atoms with Crippen LogP contribution in [0.15, 0.2) is 30.3 Å². The number of nitrogens with two attached hydrogens (primary N) is 1. The average molecular weight is 204 g/mol. The van der Waals surface area contributed by atoms with Gasteiger partial charge in [-0.25, -0.2) is 0 Å². The molecule has 1 aliphatic rings. The van der Waals surface area contributed by atoms with Gasteiger partial charge in [0.25, 0.3) is 0 Å². The van der Waals surface area contributed by atoms with Crippen LogP contribution < -0.4 is 11.1 Å². The van der Waals surface area contributed by atoms with E-state index in [1.807, 2.05) is 30.3 Å². The van der Waals surface area contributed by atoms with Gasteiger partial charge in [0.05, 0.1) is 0 Å². The topological polar surface area (TPSA) is 55.1 Å². The van der Waals surface area contributed by atoms with Crippen LogP contribution in [0.1, 0.15) is 30.9 Å². The van der Waals surface area contributed by atoms with Crippen molar-refractivity contribution >= 4 is 5.91 Å². The van der Waals surface area contributed by atoms with Crippen molar-refractivity contribution in [1.82, 2.24) is 5.32 Å². The lowest BCUT2D eigenvalue weighted by atomic mass is 9.92. The fraction of sp³-hybridized carbons (Fsp3) is 0.417. The summed E-state index contributed by atoms with van der Waals surface area (Å²) in [5.74, 6) is -0.0640.